The molecule has 0 radical (unpaired) electrons. The fraction of sp³-hybridized carbons (Fsp3) is 0.296. The van der Waals surface area contributed by atoms with Gasteiger partial charge in [-0.15, -0.1) is 11.3 Å². The van der Waals surface area contributed by atoms with E-state index in [9.17, 15) is 14.0 Å². The normalized spacial score (nSPS) is 15.0. The fourth-order valence-corrected chi connectivity index (χ4v) is 5.25. The summed E-state index contributed by atoms with van der Waals surface area (Å²) in [6.07, 6.45) is 0.832. The lowest BCUT2D eigenvalue weighted by molar-refractivity contribution is 0.0971. The van der Waals surface area contributed by atoms with Crippen LogP contribution < -0.4 is 19.8 Å². The molecule has 0 saturated heterocycles. The first-order valence-corrected chi connectivity index (χ1v) is 12.6. The molecular formula is C27H25FN2O5S. The minimum atomic E-state index is -0.833. The first kappa shape index (κ1) is 24.0. The molecule has 0 fully saturated rings. The van der Waals surface area contributed by atoms with E-state index in [1.54, 1.807) is 18.2 Å². The van der Waals surface area contributed by atoms with Crippen molar-refractivity contribution in [2.45, 2.75) is 40.2 Å². The van der Waals surface area contributed by atoms with E-state index in [0.717, 1.165) is 23.1 Å². The van der Waals surface area contributed by atoms with Gasteiger partial charge in [0.15, 0.2) is 22.1 Å². The van der Waals surface area contributed by atoms with Crippen LogP contribution in [-0.2, 0) is 0 Å². The van der Waals surface area contributed by atoms with Crippen molar-refractivity contribution in [1.82, 2.24) is 4.98 Å². The van der Waals surface area contributed by atoms with Crippen molar-refractivity contribution < 1.29 is 23.1 Å². The second-order valence-electron chi connectivity index (χ2n) is 8.52. The van der Waals surface area contributed by atoms with E-state index in [1.807, 2.05) is 27.7 Å². The number of anilines is 1. The van der Waals surface area contributed by atoms with Crippen LogP contribution in [-0.4, -0.2) is 24.1 Å². The Morgan fingerprint density at radius 2 is 1.89 bits per heavy atom. The zero-order chi connectivity index (χ0) is 25.6. The van der Waals surface area contributed by atoms with Crippen LogP contribution in [0.4, 0.5) is 9.52 Å². The molecule has 0 saturated carbocycles. The van der Waals surface area contributed by atoms with Gasteiger partial charge >= 0.3 is 0 Å². The van der Waals surface area contributed by atoms with Crippen LogP contribution in [0.25, 0.3) is 11.0 Å². The van der Waals surface area contributed by atoms with Crippen molar-refractivity contribution in [3.63, 3.8) is 0 Å². The Kier molecular flexibility index (Phi) is 6.26. The minimum absolute atomic E-state index is 0.0705. The van der Waals surface area contributed by atoms with Gasteiger partial charge in [-0.25, -0.2) is 9.37 Å². The third kappa shape index (κ3) is 3.93. The molecule has 5 rings (SSSR count). The Labute approximate surface area is 211 Å². The summed E-state index contributed by atoms with van der Waals surface area (Å²) >= 11 is 1.36. The number of carbonyl (C=O) groups is 1. The third-order valence-electron chi connectivity index (χ3n) is 6.10. The molecule has 0 aliphatic carbocycles. The van der Waals surface area contributed by atoms with Gasteiger partial charge < -0.3 is 13.9 Å². The van der Waals surface area contributed by atoms with Gasteiger partial charge in [-0.3, -0.25) is 14.5 Å². The van der Waals surface area contributed by atoms with Crippen LogP contribution in [0.1, 0.15) is 58.6 Å². The number of fused-ring (bicyclic) bond motifs is 2. The van der Waals surface area contributed by atoms with Crippen LogP contribution in [0.15, 0.2) is 45.6 Å². The Bertz CT molecular complexity index is 1520. The number of halogens is 1. The molecule has 2 aromatic carbocycles. The standard InChI is InChI=1S/C27H25FN2O5S/c1-5-11-34-20-9-7-16(12-21(20)33-6-2)23-22-24(31)18-13-17(28)8-10-19(18)35-25(22)26(32)30(23)27-29-14(3)15(4)36-27/h7-10,12-13,23H,5-6,11H2,1-4H3. The molecule has 2 aromatic heterocycles. The summed E-state index contributed by atoms with van der Waals surface area (Å²) in [4.78, 5) is 34.4. The van der Waals surface area contributed by atoms with Crippen molar-refractivity contribution in [1.29, 1.82) is 0 Å². The number of amides is 1. The summed E-state index contributed by atoms with van der Waals surface area (Å²) in [5.41, 5.74) is 1.26. The number of carbonyl (C=O) groups excluding carboxylic acids is 1. The van der Waals surface area contributed by atoms with Crippen molar-refractivity contribution in [3.8, 4) is 11.5 Å². The van der Waals surface area contributed by atoms with Gasteiger partial charge in [0.25, 0.3) is 5.91 Å². The summed E-state index contributed by atoms with van der Waals surface area (Å²) in [6.45, 7) is 8.60. The predicted molar refractivity (Wildman–Crippen MR) is 136 cm³/mol. The largest absolute Gasteiger partial charge is 0.490 e. The average molecular weight is 509 g/mol. The maximum absolute atomic E-state index is 14.0. The van der Waals surface area contributed by atoms with Gasteiger partial charge in [0.1, 0.15) is 11.4 Å². The van der Waals surface area contributed by atoms with E-state index in [4.69, 9.17) is 13.9 Å². The maximum Gasteiger partial charge on any atom is 0.297 e. The summed E-state index contributed by atoms with van der Waals surface area (Å²) in [5, 5.41) is 0.526. The third-order valence-corrected chi connectivity index (χ3v) is 7.17. The molecule has 4 aromatic rings. The van der Waals surface area contributed by atoms with Gasteiger partial charge in [-0.05, 0) is 63.1 Å². The Balaban J connectivity index is 1.76. The number of hydrogen-bond acceptors (Lipinski definition) is 7. The molecule has 36 heavy (non-hydrogen) atoms. The van der Waals surface area contributed by atoms with E-state index < -0.39 is 23.2 Å². The number of rotatable bonds is 7. The van der Waals surface area contributed by atoms with Crippen molar-refractivity contribution >= 4 is 33.3 Å². The number of aryl methyl sites for hydroxylation is 2. The SMILES string of the molecule is CCCOc1ccc(C2c3c(oc4ccc(F)cc4c3=O)C(=O)N2c2nc(C)c(C)s2)cc1OCC. The zero-order valence-electron chi connectivity index (χ0n) is 20.4. The molecule has 1 unspecified atom stereocenters. The Morgan fingerprint density at radius 1 is 1.08 bits per heavy atom. The van der Waals surface area contributed by atoms with Gasteiger partial charge in [0.05, 0.1) is 35.9 Å². The molecule has 0 N–H and O–H groups in total. The van der Waals surface area contributed by atoms with E-state index in [1.165, 1.54) is 28.4 Å². The van der Waals surface area contributed by atoms with Gasteiger partial charge in [0, 0.05) is 4.88 Å². The number of thiazole rings is 1. The van der Waals surface area contributed by atoms with E-state index >= 15 is 0 Å². The molecule has 0 spiro atoms. The molecule has 3 heterocycles. The van der Waals surface area contributed by atoms with Crippen LogP contribution in [0.2, 0.25) is 0 Å². The molecule has 1 amide bonds. The minimum Gasteiger partial charge on any atom is -0.490 e. The van der Waals surface area contributed by atoms with Crippen molar-refractivity contribution in [2.75, 3.05) is 18.1 Å². The smallest absolute Gasteiger partial charge is 0.297 e. The highest BCUT2D eigenvalue weighted by Gasteiger charge is 2.45. The topological polar surface area (TPSA) is 81.9 Å². The zero-order valence-corrected chi connectivity index (χ0v) is 21.2. The summed E-state index contributed by atoms with van der Waals surface area (Å²) < 4.78 is 31.6. The molecular weight excluding hydrogens is 483 g/mol. The predicted octanol–water partition coefficient (Wildman–Crippen LogP) is 5.94. The second-order valence-corrected chi connectivity index (χ2v) is 9.70. The summed E-state index contributed by atoms with van der Waals surface area (Å²) in [7, 11) is 0. The maximum atomic E-state index is 14.0. The highest BCUT2D eigenvalue weighted by molar-refractivity contribution is 7.15. The van der Waals surface area contributed by atoms with Gasteiger partial charge in [-0.1, -0.05) is 13.0 Å². The first-order chi connectivity index (χ1) is 17.3. The molecule has 1 aliphatic heterocycles. The van der Waals surface area contributed by atoms with Crippen molar-refractivity contribution in [3.05, 3.63) is 79.9 Å². The summed E-state index contributed by atoms with van der Waals surface area (Å²) in [6, 6.07) is 8.22. The number of aromatic nitrogens is 1. The van der Waals surface area contributed by atoms with E-state index in [0.29, 0.717) is 35.4 Å². The molecule has 9 heteroatoms. The molecule has 0 bridgehead atoms. The van der Waals surface area contributed by atoms with Crippen molar-refractivity contribution in [2.24, 2.45) is 0 Å². The lowest BCUT2D eigenvalue weighted by Crippen LogP contribution is -2.29. The van der Waals surface area contributed by atoms with Gasteiger partial charge in [-0.2, -0.15) is 0 Å². The quantitative estimate of drug-likeness (QED) is 0.307. The lowest BCUT2D eigenvalue weighted by atomic mass is 9.98. The average Bonchev–Trinajstić information content (AvgIpc) is 3.34. The van der Waals surface area contributed by atoms with Crippen LogP contribution in [0.3, 0.4) is 0 Å². The fourth-order valence-electron chi connectivity index (χ4n) is 4.31. The number of nitrogens with zero attached hydrogens (tertiary/aromatic N) is 2. The van der Waals surface area contributed by atoms with E-state index in [-0.39, 0.29) is 22.3 Å². The first-order valence-electron chi connectivity index (χ1n) is 11.8. The number of hydrogen-bond donors (Lipinski definition) is 0. The number of ether oxygens (including phenoxy) is 2. The number of benzene rings is 2. The molecule has 186 valence electrons. The second kappa shape index (κ2) is 9.39. The highest BCUT2D eigenvalue weighted by atomic mass is 32.1. The monoisotopic (exact) mass is 508 g/mol. The lowest BCUT2D eigenvalue weighted by Gasteiger charge is -2.23. The van der Waals surface area contributed by atoms with Crippen LogP contribution >= 0.6 is 11.3 Å². The van der Waals surface area contributed by atoms with Gasteiger partial charge in [0.2, 0.25) is 5.76 Å². The molecule has 1 aliphatic rings. The highest BCUT2D eigenvalue weighted by Crippen LogP contribution is 2.44. The van der Waals surface area contributed by atoms with Crippen LogP contribution in [0.5, 0.6) is 11.5 Å². The van der Waals surface area contributed by atoms with E-state index in [2.05, 4.69) is 4.98 Å². The molecule has 7 nitrogen and oxygen atoms in total. The molecule has 1 atom stereocenters. The van der Waals surface area contributed by atoms with Crippen LogP contribution in [0, 0.1) is 19.7 Å². The Hall–Kier alpha value is -3.72. The summed E-state index contributed by atoms with van der Waals surface area (Å²) in [5.74, 6) is -0.0240. The Morgan fingerprint density at radius 3 is 2.58 bits per heavy atom.